The van der Waals surface area contributed by atoms with Gasteiger partial charge in [-0.25, -0.2) is 9.07 Å². The predicted molar refractivity (Wildman–Crippen MR) is 112 cm³/mol. The largest absolute Gasteiger partial charge is 0.376 e. The molecule has 0 radical (unpaired) electrons. The average molecular weight is 431 g/mol. The van der Waals surface area contributed by atoms with Crippen LogP contribution in [0.2, 0.25) is 0 Å². The highest BCUT2D eigenvalue weighted by Gasteiger charge is 2.21. The zero-order valence-corrected chi connectivity index (χ0v) is 17.4. The molecular weight excluding hydrogens is 409 g/mol. The number of rotatable bonds is 7. The Hall–Kier alpha value is -3.04. The van der Waals surface area contributed by atoms with Gasteiger partial charge in [-0.2, -0.15) is 13.5 Å². The summed E-state index contributed by atoms with van der Waals surface area (Å²) in [6, 6.07) is 13.8. The Kier molecular flexibility index (Phi) is 6.33. The van der Waals surface area contributed by atoms with Gasteiger partial charge in [-0.1, -0.05) is 30.3 Å². The Bertz CT molecular complexity index is 1220. The van der Waals surface area contributed by atoms with Crippen LogP contribution in [0.3, 0.4) is 0 Å². The topological polar surface area (TPSA) is 104 Å². The van der Waals surface area contributed by atoms with E-state index in [1.54, 1.807) is 0 Å². The highest BCUT2D eigenvalue weighted by atomic mass is 32.2. The molecule has 0 amide bonds. The van der Waals surface area contributed by atoms with Crippen LogP contribution in [0.15, 0.2) is 53.3 Å². The lowest BCUT2D eigenvalue weighted by atomic mass is 10.0. The highest BCUT2D eigenvalue weighted by Crippen LogP contribution is 2.27. The van der Waals surface area contributed by atoms with Gasteiger partial charge in [-0.15, -0.1) is 0 Å². The normalized spacial score (nSPS) is 11.5. The van der Waals surface area contributed by atoms with Crippen molar-refractivity contribution in [2.75, 3.05) is 6.26 Å². The van der Waals surface area contributed by atoms with Crippen molar-refractivity contribution in [2.24, 2.45) is 5.73 Å². The van der Waals surface area contributed by atoms with Crippen molar-refractivity contribution in [3.8, 4) is 17.0 Å². The number of halogens is 1. The molecule has 0 saturated carbocycles. The van der Waals surface area contributed by atoms with Gasteiger partial charge in [0.2, 0.25) is 5.75 Å². The first-order valence-electron chi connectivity index (χ1n) is 9.23. The van der Waals surface area contributed by atoms with Gasteiger partial charge in [-0.05, 0) is 37.1 Å². The third kappa shape index (κ3) is 4.92. The molecule has 0 bridgehead atoms. The molecule has 0 fully saturated rings. The zero-order valence-electron chi connectivity index (χ0n) is 16.6. The van der Waals surface area contributed by atoms with Crippen LogP contribution in [0.4, 0.5) is 4.39 Å². The lowest BCUT2D eigenvalue weighted by Crippen LogP contribution is -2.28. The van der Waals surface area contributed by atoms with Crippen LogP contribution in [-0.4, -0.2) is 24.5 Å². The van der Waals surface area contributed by atoms with Crippen LogP contribution >= 0.6 is 0 Å². The second-order valence-electron chi connectivity index (χ2n) is 6.86. The molecule has 2 aromatic carbocycles. The molecule has 0 saturated heterocycles. The zero-order chi connectivity index (χ0) is 21.9. The summed E-state index contributed by atoms with van der Waals surface area (Å²) in [5.74, 6) is -0.780. The fourth-order valence-electron chi connectivity index (χ4n) is 3.06. The van der Waals surface area contributed by atoms with Gasteiger partial charge >= 0.3 is 15.7 Å². The Morgan fingerprint density at radius 3 is 2.50 bits per heavy atom. The number of aromatic nitrogens is 2. The van der Waals surface area contributed by atoms with E-state index >= 15 is 0 Å². The third-order valence-electron chi connectivity index (χ3n) is 4.57. The van der Waals surface area contributed by atoms with Crippen molar-refractivity contribution in [2.45, 2.75) is 26.4 Å². The third-order valence-corrected chi connectivity index (χ3v) is 5.04. The van der Waals surface area contributed by atoms with Crippen LogP contribution in [0, 0.1) is 12.7 Å². The monoisotopic (exact) mass is 431 g/mol. The van der Waals surface area contributed by atoms with Crippen molar-refractivity contribution in [1.82, 2.24) is 9.78 Å². The first kappa shape index (κ1) is 21.7. The average Bonchev–Trinajstić information content (AvgIpc) is 2.71. The molecule has 30 heavy (non-hydrogen) atoms. The van der Waals surface area contributed by atoms with Crippen LogP contribution in [-0.2, 0) is 29.6 Å². The molecule has 1 aromatic heterocycles. The lowest BCUT2D eigenvalue weighted by Gasteiger charge is -2.15. The van der Waals surface area contributed by atoms with Gasteiger partial charge in [0.25, 0.3) is 0 Å². The molecule has 3 aromatic rings. The fraction of sp³-hybridized carbons (Fsp3) is 0.238. The quantitative estimate of drug-likeness (QED) is 0.576. The van der Waals surface area contributed by atoms with Gasteiger partial charge in [-0.3, -0.25) is 4.79 Å². The van der Waals surface area contributed by atoms with Gasteiger partial charge in [0.15, 0.2) is 0 Å². The van der Waals surface area contributed by atoms with Crippen molar-refractivity contribution in [3.05, 3.63) is 81.4 Å². The summed E-state index contributed by atoms with van der Waals surface area (Å²) >= 11 is 0. The van der Waals surface area contributed by atoms with Crippen LogP contribution in [0.1, 0.15) is 16.7 Å². The summed E-state index contributed by atoms with van der Waals surface area (Å²) in [5.41, 5.74) is 7.28. The number of nitrogens with zero attached hydrogens (tertiary/aromatic N) is 2. The Morgan fingerprint density at radius 1 is 1.17 bits per heavy atom. The number of aryl methyl sites for hydroxylation is 2. The molecule has 1 heterocycles. The van der Waals surface area contributed by atoms with Gasteiger partial charge in [0.1, 0.15) is 5.82 Å². The maximum absolute atomic E-state index is 13.9. The molecule has 0 aliphatic rings. The number of nitrogens with two attached hydrogens (primary N) is 1. The van der Waals surface area contributed by atoms with E-state index in [9.17, 15) is 17.6 Å². The van der Waals surface area contributed by atoms with E-state index in [0.717, 1.165) is 11.8 Å². The molecule has 158 valence electrons. The van der Waals surface area contributed by atoms with Gasteiger partial charge in [0.05, 0.1) is 11.9 Å². The SMILES string of the molecule is Cc1c(-c2ccc(F)c(CN)c2)nn(CCc2ccccc2)c(=O)c1OS(C)(=O)=O. The molecule has 0 unspecified atom stereocenters. The lowest BCUT2D eigenvalue weighted by molar-refractivity contribution is 0.472. The Morgan fingerprint density at radius 2 is 1.87 bits per heavy atom. The highest BCUT2D eigenvalue weighted by molar-refractivity contribution is 7.86. The molecular formula is C21H22FN3O4S. The molecule has 0 spiro atoms. The minimum atomic E-state index is -3.95. The summed E-state index contributed by atoms with van der Waals surface area (Å²) in [7, 11) is -3.95. The van der Waals surface area contributed by atoms with Crippen molar-refractivity contribution in [3.63, 3.8) is 0 Å². The maximum Gasteiger partial charge on any atom is 0.311 e. The molecule has 0 aliphatic carbocycles. The molecule has 9 heteroatoms. The second-order valence-corrected chi connectivity index (χ2v) is 8.44. The van der Waals surface area contributed by atoms with Crippen molar-refractivity contribution in [1.29, 1.82) is 0 Å². The summed E-state index contributed by atoms with van der Waals surface area (Å²) in [5, 5.41) is 4.42. The Balaban J connectivity index is 2.13. The van der Waals surface area contributed by atoms with E-state index in [-0.39, 0.29) is 30.0 Å². The van der Waals surface area contributed by atoms with E-state index in [2.05, 4.69) is 5.10 Å². The molecule has 0 aliphatic heterocycles. The van der Waals surface area contributed by atoms with Crippen LogP contribution in [0.5, 0.6) is 5.75 Å². The van der Waals surface area contributed by atoms with Crippen molar-refractivity contribution < 1.29 is 17.0 Å². The van der Waals surface area contributed by atoms with Gasteiger partial charge < -0.3 is 9.92 Å². The number of benzene rings is 2. The van der Waals surface area contributed by atoms with E-state index in [1.165, 1.54) is 29.8 Å². The predicted octanol–water partition coefficient (Wildman–Crippen LogP) is 2.40. The molecule has 0 atom stereocenters. The van der Waals surface area contributed by atoms with E-state index in [4.69, 9.17) is 9.92 Å². The van der Waals surface area contributed by atoms with Crippen molar-refractivity contribution >= 4 is 10.1 Å². The Labute approximate surface area is 174 Å². The van der Waals surface area contributed by atoms with Gasteiger partial charge in [0, 0.05) is 29.8 Å². The van der Waals surface area contributed by atoms with Crippen LogP contribution in [0.25, 0.3) is 11.3 Å². The standard InChI is InChI=1S/C21H22FN3O4S/c1-14-19(16-8-9-18(22)17(12-16)13-23)24-25(11-10-15-6-4-3-5-7-15)21(26)20(14)29-30(2,27)28/h3-9,12H,10-11,13,23H2,1-2H3. The summed E-state index contributed by atoms with van der Waals surface area (Å²) in [4.78, 5) is 12.9. The molecule has 2 N–H and O–H groups in total. The van der Waals surface area contributed by atoms with E-state index < -0.39 is 21.5 Å². The number of hydrogen-bond acceptors (Lipinski definition) is 6. The maximum atomic E-state index is 13.9. The number of hydrogen-bond donors (Lipinski definition) is 1. The summed E-state index contributed by atoms with van der Waals surface area (Å²) in [6.45, 7) is 1.73. The smallest absolute Gasteiger partial charge is 0.311 e. The fourth-order valence-corrected chi connectivity index (χ4v) is 3.56. The summed E-state index contributed by atoms with van der Waals surface area (Å²) in [6.07, 6.45) is 1.37. The van der Waals surface area contributed by atoms with E-state index in [0.29, 0.717) is 17.7 Å². The van der Waals surface area contributed by atoms with Crippen LogP contribution < -0.4 is 15.5 Å². The second kappa shape index (κ2) is 8.76. The minimum Gasteiger partial charge on any atom is -0.376 e. The first-order valence-corrected chi connectivity index (χ1v) is 11.0. The molecule has 7 nitrogen and oxygen atoms in total. The molecule has 3 rings (SSSR count). The first-order chi connectivity index (χ1) is 14.2. The minimum absolute atomic E-state index is 0.0148. The summed E-state index contributed by atoms with van der Waals surface area (Å²) < 4.78 is 43.5. The van der Waals surface area contributed by atoms with E-state index in [1.807, 2.05) is 30.3 Å².